The number of benzene rings is 2. The molecule has 0 aliphatic rings. The van der Waals surface area contributed by atoms with Crippen molar-refractivity contribution in [2.24, 2.45) is 0 Å². The molecule has 0 saturated heterocycles. The van der Waals surface area contributed by atoms with Gasteiger partial charge in [-0.1, -0.05) is 12.1 Å². The highest BCUT2D eigenvalue weighted by atomic mass is 19.3. The lowest BCUT2D eigenvalue weighted by Crippen LogP contribution is -2.15. The summed E-state index contributed by atoms with van der Waals surface area (Å²) in [5.74, 6) is -0.961. The Morgan fingerprint density at radius 2 is 1.96 bits per heavy atom. The summed E-state index contributed by atoms with van der Waals surface area (Å²) in [4.78, 5) is 22.9. The smallest absolute Gasteiger partial charge is 0.387 e. The molecule has 2 aromatic carbocycles. The number of rotatable bonds is 6. The number of amides is 1. The molecular formula is C16H14F2N2O5. The number of nitro benzene ring substituents is 1. The van der Waals surface area contributed by atoms with Crippen LogP contribution in [0.2, 0.25) is 0 Å². The molecule has 0 aliphatic carbocycles. The van der Waals surface area contributed by atoms with Gasteiger partial charge in [-0.3, -0.25) is 14.9 Å². The van der Waals surface area contributed by atoms with E-state index >= 15 is 0 Å². The fourth-order valence-corrected chi connectivity index (χ4v) is 2.23. The molecule has 0 fully saturated rings. The number of nitrogens with zero attached hydrogens (tertiary/aromatic N) is 1. The zero-order valence-corrected chi connectivity index (χ0v) is 13.3. The summed E-state index contributed by atoms with van der Waals surface area (Å²) >= 11 is 0. The molecule has 1 amide bonds. The fourth-order valence-electron chi connectivity index (χ4n) is 2.23. The summed E-state index contributed by atoms with van der Waals surface area (Å²) < 4.78 is 34.1. The SMILES string of the molecule is COc1ccc(NC(=O)c2cccc(C)c2[N+](=O)[O-])cc1OC(F)F. The van der Waals surface area contributed by atoms with Crippen molar-refractivity contribution >= 4 is 17.3 Å². The minimum atomic E-state index is -3.07. The van der Waals surface area contributed by atoms with Gasteiger partial charge in [-0.05, 0) is 25.1 Å². The van der Waals surface area contributed by atoms with E-state index in [-0.39, 0.29) is 28.4 Å². The third-order valence-corrected chi connectivity index (χ3v) is 3.30. The first-order chi connectivity index (χ1) is 11.8. The van der Waals surface area contributed by atoms with E-state index in [4.69, 9.17) is 4.74 Å². The number of para-hydroxylation sites is 1. The topological polar surface area (TPSA) is 90.7 Å². The zero-order chi connectivity index (χ0) is 18.6. The van der Waals surface area contributed by atoms with Gasteiger partial charge in [-0.15, -0.1) is 0 Å². The van der Waals surface area contributed by atoms with Gasteiger partial charge in [-0.25, -0.2) is 0 Å². The average Bonchev–Trinajstić information content (AvgIpc) is 2.54. The first-order valence-electron chi connectivity index (χ1n) is 7.01. The Balaban J connectivity index is 2.33. The van der Waals surface area contributed by atoms with Crippen LogP contribution in [0.4, 0.5) is 20.2 Å². The van der Waals surface area contributed by atoms with Crippen LogP contribution in [0.25, 0.3) is 0 Å². The molecule has 0 atom stereocenters. The van der Waals surface area contributed by atoms with Gasteiger partial charge in [0.05, 0.1) is 12.0 Å². The molecule has 0 saturated carbocycles. The second-order valence-electron chi connectivity index (χ2n) is 4.93. The summed E-state index contributed by atoms with van der Waals surface area (Å²) in [7, 11) is 1.28. The Morgan fingerprint density at radius 1 is 1.24 bits per heavy atom. The van der Waals surface area contributed by atoms with Crippen LogP contribution < -0.4 is 14.8 Å². The molecule has 2 aromatic rings. The Morgan fingerprint density at radius 3 is 2.56 bits per heavy atom. The van der Waals surface area contributed by atoms with E-state index in [0.717, 1.165) is 6.07 Å². The molecule has 9 heteroatoms. The maximum Gasteiger partial charge on any atom is 0.387 e. The molecule has 2 rings (SSSR count). The number of hydrogen-bond donors (Lipinski definition) is 1. The van der Waals surface area contributed by atoms with E-state index in [1.54, 1.807) is 0 Å². The molecule has 0 aliphatic heterocycles. The molecule has 1 N–H and O–H groups in total. The molecule has 0 heterocycles. The van der Waals surface area contributed by atoms with E-state index in [1.165, 1.54) is 44.4 Å². The van der Waals surface area contributed by atoms with E-state index < -0.39 is 17.4 Å². The molecule has 0 radical (unpaired) electrons. The number of hydrogen-bond acceptors (Lipinski definition) is 5. The van der Waals surface area contributed by atoms with Gasteiger partial charge in [0.1, 0.15) is 5.56 Å². The van der Waals surface area contributed by atoms with Gasteiger partial charge in [0.25, 0.3) is 11.6 Å². The molecular weight excluding hydrogens is 338 g/mol. The minimum absolute atomic E-state index is 0.0554. The van der Waals surface area contributed by atoms with Gasteiger partial charge in [0.15, 0.2) is 11.5 Å². The van der Waals surface area contributed by atoms with Gasteiger partial charge >= 0.3 is 6.61 Å². The third kappa shape index (κ3) is 4.19. The molecule has 132 valence electrons. The van der Waals surface area contributed by atoms with Crippen molar-refractivity contribution in [3.63, 3.8) is 0 Å². The molecule has 7 nitrogen and oxygen atoms in total. The van der Waals surface area contributed by atoms with Crippen LogP contribution in [0, 0.1) is 17.0 Å². The van der Waals surface area contributed by atoms with Crippen LogP contribution in [-0.2, 0) is 0 Å². The monoisotopic (exact) mass is 352 g/mol. The molecule has 0 aromatic heterocycles. The van der Waals surface area contributed by atoms with E-state index in [1.807, 2.05) is 0 Å². The summed E-state index contributed by atoms with van der Waals surface area (Å²) in [6, 6.07) is 8.20. The van der Waals surface area contributed by atoms with E-state index in [0.29, 0.717) is 5.56 Å². The van der Waals surface area contributed by atoms with Crippen molar-refractivity contribution in [1.82, 2.24) is 0 Å². The number of nitro groups is 1. The summed E-state index contributed by atoms with van der Waals surface area (Å²) in [6.07, 6.45) is 0. The Bertz CT molecular complexity index is 811. The first kappa shape index (κ1) is 18.1. The molecule has 0 unspecified atom stereocenters. The highest BCUT2D eigenvalue weighted by molar-refractivity contribution is 6.07. The standard InChI is InChI=1S/C16H14F2N2O5/c1-9-4-3-5-11(14(9)20(22)23)15(21)19-10-6-7-12(24-2)13(8-10)25-16(17)18/h3-8,16H,1-2H3,(H,19,21). The van der Waals surface area contributed by atoms with Gasteiger partial charge in [0.2, 0.25) is 0 Å². The predicted molar refractivity (Wildman–Crippen MR) is 85.4 cm³/mol. The molecule has 25 heavy (non-hydrogen) atoms. The maximum atomic E-state index is 12.4. The number of aryl methyl sites for hydroxylation is 1. The number of anilines is 1. The lowest BCUT2D eigenvalue weighted by molar-refractivity contribution is -0.385. The van der Waals surface area contributed by atoms with Crippen LogP contribution >= 0.6 is 0 Å². The number of ether oxygens (including phenoxy) is 2. The van der Waals surface area contributed by atoms with Gasteiger partial charge < -0.3 is 14.8 Å². The molecule has 0 spiro atoms. The number of methoxy groups -OCH3 is 1. The van der Waals surface area contributed by atoms with Crippen LogP contribution in [0.3, 0.4) is 0 Å². The van der Waals surface area contributed by atoms with Gasteiger partial charge in [0, 0.05) is 17.3 Å². The normalized spacial score (nSPS) is 10.4. The Kier molecular flexibility index (Phi) is 5.48. The second kappa shape index (κ2) is 7.56. The Hall–Kier alpha value is -3.23. The summed E-state index contributed by atoms with van der Waals surface area (Å²) in [6.45, 7) is -1.56. The largest absolute Gasteiger partial charge is 0.493 e. The number of carbonyl (C=O) groups is 1. The average molecular weight is 352 g/mol. The lowest BCUT2D eigenvalue weighted by Gasteiger charge is -2.12. The van der Waals surface area contributed by atoms with Crippen molar-refractivity contribution in [2.45, 2.75) is 13.5 Å². The van der Waals surface area contributed by atoms with Crippen molar-refractivity contribution in [3.8, 4) is 11.5 Å². The van der Waals surface area contributed by atoms with Crippen molar-refractivity contribution in [3.05, 3.63) is 57.6 Å². The number of alkyl halides is 2. The predicted octanol–water partition coefficient (Wildman–Crippen LogP) is 3.77. The Labute approximate surface area is 141 Å². The lowest BCUT2D eigenvalue weighted by atomic mass is 10.1. The quantitative estimate of drug-likeness (QED) is 0.631. The van der Waals surface area contributed by atoms with Crippen LogP contribution in [0.1, 0.15) is 15.9 Å². The molecule has 0 bridgehead atoms. The van der Waals surface area contributed by atoms with Crippen LogP contribution in [-0.4, -0.2) is 24.6 Å². The highest BCUT2D eigenvalue weighted by Crippen LogP contribution is 2.32. The first-order valence-corrected chi connectivity index (χ1v) is 7.01. The number of carbonyl (C=O) groups excluding carboxylic acids is 1. The zero-order valence-electron chi connectivity index (χ0n) is 13.3. The van der Waals surface area contributed by atoms with E-state index in [9.17, 15) is 23.7 Å². The van der Waals surface area contributed by atoms with Crippen LogP contribution in [0.15, 0.2) is 36.4 Å². The fraction of sp³-hybridized carbons (Fsp3) is 0.188. The highest BCUT2D eigenvalue weighted by Gasteiger charge is 2.23. The van der Waals surface area contributed by atoms with Crippen molar-refractivity contribution < 1.29 is 28.0 Å². The summed E-state index contributed by atoms with van der Waals surface area (Å²) in [5, 5.41) is 13.6. The van der Waals surface area contributed by atoms with Gasteiger partial charge in [-0.2, -0.15) is 8.78 Å². The third-order valence-electron chi connectivity index (χ3n) is 3.30. The second-order valence-corrected chi connectivity index (χ2v) is 4.93. The maximum absolute atomic E-state index is 12.4. The van der Waals surface area contributed by atoms with Crippen molar-refractivity contribution in [1.29, 1.82) is 0 Å². The number of halogens is 2. The van der Waals surface area contributed by atoms with E-state index in [2.05, 4.69) is 10.1 Å². The van der Waals surface area contributed by atoms with Crippen molar-refractivity contribution in [2.75, 3.05) is 12.4 Å². The minimum Gasteiger partial charge on any atom is -0.493 e. The summed E-state index contributed by atoms with van der Waals surface area (Å²) in [5.41, 5.74) is -0.0129. The number of nitrogens with one attached hydrogen (secondary N) is 1. The van der Waals surface area contributed by atoms with Crippen LogP contribution in [0.5, 0.6) is 11.5 Å².